The van der Waals surface area contributed by atoms with Gasteiger partial charge in [-0.2, -0.15) is 0 Å². The molecule has 0 unspecified atom stereocenters. The summed E-state index contributed by atoms with van der Waals surface area (Å²) >= 11 is 0. The van der Waals surface area contributed by atoms with Crippen molar-refractivity contribution in [3.8, 4) is 0 Å². The van der Waals surface area contributed by atoms with Crippen LogP contribution >= 0.6 is 0 Å². The molecule has 0 radical (unpaired) electrons. The molecule has 3 aromatic rings. The molecule has 3 rings (SSSR count). The predicted octanol–water partition coefficient (Wildman–Crippen LogP) is 4.91. The van der Waals surface area contributed by atoms with Crippen molar-refractivity contribution in [3.05, 3.63) is 54.0 Å². The summed E-state index contributed by atoms with van der Waals surface area (Å²) in [6.07, 6.45) is 5.33. The van der Waals surface area contributed by atoms with Crippen LogP contribution in [0.4, 0.5) is 11.6 Å². The SMILES string of the molecule is CC.CC=N/C(=C\C)c1ccnc(Nc2ccc3[nH]c(C(=O)N(CCOC)CCOC)cc3c2)n1. The van der Waals surface area contributed by atoms with Gasteiger partial charge in [0.05, 0.1) is 24.6 Å². The molecule has 0 aliphatic carbocycles. The maximum absolute atomic E-state index is 13.0. The number of carbonyl (C=O) groups is 1. The van der Waals surface area contributed by atoms with Gasteiger partial charge in [-0.15, -0.1) is 0 Å². The zero-order valence-electron chi connectivity index (χ0n) is 21.5. The van der Waals surface area contributed by atoms with E-state index in [0.29, 0.717) is 37.9 Å². The van der Waals surface area contributed by atoms with E-state index in [0.717, 1.165) is 28.0 Å². The monoisotopic (exact) mass is 480 g/mol. The summed E-state index contributed by atoms with van der Waals surface area (Å²) < 4.78 is 10.3. The van der Waals surface area contributed by atoms with Crippen molar-refractivity contribution in [1.82, 2.24) is 19.9 Å². The van der Waals surface area contributed by atoms with Crippen LogP contribution in [0.3, 0.4) is 0 Å². The molecule has 1 amide bonds. The summed E-state index contributed by atoms with van der Waals surface area (Å²) in [4.78, 5) is 31.1. The van der Waals surface area contributed by atoms with E-state index >= 15 is 0 Å². The van der Waals surface area contributed by atoms with Gasteiger partial charge in [-0.25, -0.2) is 9.97 Å². The molecule has 0 saturated heterocycles. The van der Waals surface area contributed by atoms with Crippen LogP contribution in [-0.2, 0) is 9.47 Å². The smallest absolute Gasteiger partial charge is 0.270 e. The van der Waals surface area contributed by atoms with Crippen molar-refractivity contribution < 1.29 is 14.3 Å². The molecule has 188 valence electrons. The van der Waals surface area contributed by atoms with Crippen molar-refractivity contribution in [2.24, 2.45) is 4.99 Å². The van der Waals surface area contributed by atoms with Gasteiger partial charge < -0.3 is 24.7 Å². The van der Waals surface area contributed by atoms with E-state index in [1.165, 1.54) is 0 Å². The summed E-state index contributed by atoms with van der Waals surface area (Å²) in [6.45, 7) is 9.68. The Bertz CT molecular complexity index is 1130. The molecule has 0 aliphatic rings. The number of H-pyrrole nitrogens is 1. The van der Waals surface area contributed by atoms with Gasteiger partial charge in [-0.1, -0.05) is 19.9 Å². The van der Waals surface area contributed by atoms with Crippen LogP contribution in [0.25, 0.3) is 16.6 Å². The number of aromatic nitrogens is 3. The van der Waals surface area contributed by atoms with Crippen molar-refractivity contribution >= 4 is 40.4 Å². The van der Waals surface area contributed by atoms with Gasteiger partial charge in [0.1, 0.15) is 5.69 Å². The third-order valence-corrected chi connectivity index (χ3v) is 4.98. The Kier molecular flexibility index (Phi) is 11.6. The Hall–Kier alpha value is -3.56. The summed E-state index contributed by atoms with van der Waals surface area (Å²) in [5.74, 6) is 0.371. The molecule has 0 bridgehead atoms. The molecule has 9 heteroatoms. The third-order valence-electron chi connectivity index (χ3n) is 4.98. The topological polar surface area (TPSA) is 105 Å². The molecule has 0 fully saturated rings. The maximum Gasteiger partial charge on any atom is 0.270 e. The van der Waals surface area contributed by atoms with Crippen molar-refractivity contribution in [3.63, 3.8) is 0 Å². The largest absolute Gasteiger partial charge is 0.383 e. The van der Waals surface area contributed by atoms with E-state index in [9.17, 15) is 4.79 Å². The molecule has 0 spiro atoms. The lowest BCUT2D eigenvalue weighted by molar-refractivity contribution is 0.0623. The fourth-order valence-corrected chi connectivity index (χ4v) is 3.33. The number of nitrogens with zero attached hydrogens (tertiary/aromatic N) is 4. The van der Waals surface area contributed by atoms with Crippen LogP contribution in [0, 0.1) is 0 Å². The molecular weight excluding hydrogens is 444 g/mol. The zero-order chi connectivity index (χ0) is 25.6. The number of anilines is 2. The molecule has 9 nitrogen and oxygen atoms in total. The van der Waals surface area contributed by atoms with Gasteiger partial charge in [0.25, 0.3) is 5.91 Å². The number of benzene rings is 1. The van der Waals surface area contributed by atoms with Gasteiger partial charge in [0.15, 0.2) is 0 Å². The molecule has 2 N–H and O–H groups in total. The molecule has 2 aromatic heterocycles. The number of aromatic amines is 1. The van der Waals surface area contributed by atoms with Crippen LogP contribution in [0.15, 0.2) is 47.6 Å². The number of ether oxygens (including phenoxy) is 2. The lowest BCUT2D eigenvalue weighted by Crippen LogP contribution is -2.36. The van der Waals surface area contributed by atoms with Gasteiger partial charge in [-0.05, 0) is 44.2 Å². The fraction of sp³-hybridized carbons (Fsp3) is 0.385. The first-order chi connectivity index (χ1) is 17.1. The predicted molar refractivity (Wildman–Crippen MR) is 142 cm³/mol. The van der Waals surface area contributed by atoms with Crippen molar-refractivity contribution in [2.45, 2.75) is 27.7 Å². The van der Waals surface area contributed by atoms with Crippen LogP contribution < -0.4 is 5.32 Å². The Balaban J connectivity index is 0.00000210. The van der Waals surface area contributed by atoms with Crippen LogP contribution in [-0.4, -0.2) is 72.5 Å². The Morgan fingerprint density at radius 3 is 2.46 bits per heavy atom. The molecule has 1 aromatic carbocycles. The zero-order valence-corrected chi connectivity index (χ0v) is 21.5. The highest BCUT2D eigenvalue weighted by Crippen LogP contribution is 2.23. The van der Waals surface area contributed by atoms with Gasteiger partial charge in [-0.3, -0.25) is 9.79 Å². The van der Waals surface area contributed by atoms with E-state index in [-0.39, 0.29) is 5.91 Å². The summed E-state index contributed by atoms with van der Waals surface area (Å²) in [5.41, 5.74) is 3.71. The molecular formula is C26H36N6O3. The van der Waals surface area contributed by atoms with E-state index in [4.69, 9.17) is 9.47 Å². The number of hydrogen-bond acceptors (Lipinski definition) is 7. The van der Waals surface area contributed by atoms with E-state index in [1.807, 2.05) is 64.1 Å². The second-order valence-electron chi connectivity index (χ2n) is 7.21. The average Bonchev–Trinajstić information content (AvgIpc) is 3.32. The fourth-order valence-electron chi connectivity index (χ4n) is 3.33. The summed E-state index contributed by atoms with van der Waals surface area (Å²) in [6, 6.07) is 9.46. The minimum absolute atomic E-state index is 0.0961. The second kappa shape index (κ2) is 14.6. The lowest BCUT2D eigenvalue weighted by Gasteiger charge is -2.21. The Labute approximate surface area is 207 Å². The first-order valence-electron chi connectivity index (χ1n) is 11.7. The number of methoxy groups -OCH3 is 2. The molecule has 0 aliphatic heterocycles. The van der Waals surface area contributed by atoms with E-state index < -0.39 is 0 Å². The first kappa shape index (κ1) is 27.7. The highest BCUT2D eigenvalue weighted by molar-refractivity contribution is 5.98. The standard InChI is InChI=1S/C24H30N6O3.C2H6/c1-5-19(25-6-2)21-9-10-26-24(29-21)27-18-7-8-20-17(15-18)16-22(28-20)23(31)30(11-13-32-3)12-14-33-4;1-2/h5-10,15-16,28H,11-14H2,1-4H3,(H,26,27,29);1-2H3/b19-5-,25-6?;. The Morgan fingerprint density at radius 2 is 1.83 bits per heavy atom. The van der Waals surface area contributed by atoms with Crippen molar-refractivity contribution in [1.29, 1.82) is 0 Å². The third kappa shape index (κ3) is 7.73. The number of carbonyl (C=O) groups excluding carboxylic acids is 1. The quantitative estimate of drug-likeness (QED) is 0.378. The minimum Gasteiger partial charge on any atom is -0.383 e. The minimum atomic E-state index is -0.0961. The highest BCUT2D eigenvalue weighted by atomic mass is 16.5. The van der Waals surface area contributed by atoms with Gasteiger partial charge in [0, 0.05) is 56.3 Å². The summed E-state index contributed by atoms with van der Waals surface area (Å²) in [5, 5.41) is 4.14. The van der Waals surface area contributed by atoms with Crippen LogP contribution in [0.1, 0.15) is 43.9 Å². The number of aliphatic imine (C=N–C) groups is 1. The number of rotatable bonds is 11. The van der Waals surface area contributed by atoms with Crippen molar-refractivity contribution in [2.75, 3.05) is 45.8 Å². The second-order valence-corrected chi connectivity index (χ2v) is 7.21. The average molecular weight is 481 g/mol. The number of amides is 1. The molecule has 35 heavy (non-hydrogen) atoms. The van der Waals surface area contributed by atoms with E-state index in [1.54, 1.807) is 31.5 Å². The normalized spacial score (nSPS) is 11.4. The summed E-state index contributed by atoms with van der Waals surface area (Å²) in [7, 11) is 3.23. The molecule has 0 saturated carbocycles. The number of fused-ring (bicyclic) bond motifs is 1. The number of allylic oxidation sites excluding steroid dienone is 1. The maximum atomic E-state index is 13.0. The molecule has 2 heterocycles. The number of hydrogen-bond donors (Lipinski definition) is 2. The molecule has 0 atom stereocenters. The lowest BCUT2D eigenvalue weighted by atomic mass is 10.2. The highest BCUT2D eigenvalue weighted by Gasteiger charge is 2.18. The van der Waals surface area contributed by atoms with Gasteiger partial charge in [0.2, 0.25) is 5.95 Å². The van der Waals surface area contributed by atoms with Gasteiger partial charge >= 0.3 is 0 Å². The van der Waals surface area contributed by atoms with Crippen LogP contribution in [0.5, 0.6) is 0 Å². The van der Waals surface area contributed by atoms with E-state index in [2.05, 4.69) is 25.3 Å². The first-order valence-corrected chi connectivity index (χ1v) is 11.7. The van der Waals surface area contributed by atoms with Crippen LogP contribution in [0.2, 0.25) is 0 Å². The number of nitrogens with one attached hydrogen (secondary N) is 2. The Morgan fingerprint density at radius 1 is 1.11 bits per heavy atom.